The number of aromatic nitrogens is 2. The van der Waals surface area contributed by atoms with Gasteiger partial charge in [-0.1, -0.05) is 41.4 Å². The van der Waals surface area contributed by atoms with E-state index < -0.39 is 0 Å². The van der Waals surface area contributed by atoms with E-state index in [1.54, 1.807) is 35.2 Å². The molecule has 3 heterocycles. The molecule has 0 aliphatic carbocycles. The summed E-state index contributed by atoms with van der Waals surface area (Å²) in [7, 11) is 0. The van der Waals surface area contributed by atoms with Crippen LogP contribution >= 0.6 is 23.2 Å². The first-order valence-electron chi connectivity index (χ1n) is 13.9. The molecular weight excluding hydrogens is 564 g/mol. The number of carbonyl (C=O) groups is 2. The summed E-state index contributed by atoms with van der Waals surface area (Å²) in [5, 5.41) is 0.614. The van der Waals surface area contributed by atoms with Crippen LogP contribution in [0.15, 0.2) is 66.7 Å². The van der Waals surface area contributed by atoms with Crippen LogP contribution in [0.5, 0.6) is 0 Å². The van der Waals surface area contributed by atoms with Crippen LogP contribution in [0.3, 0.4) is 0 Å². The molecule has 212 valence electrons. The molecule has 2 saturated heterocycles. The third-order valence-electron chi connectivity index (χ3n) is 8.08. The van der Waals surface area contributed by atoms with Gasteiger partial charge < -0.3 is 9.80 Å². The van der Waals surface area contributed by atoms with Gasteiger partial charge in [0.2, 0.25) is 5.91 Å². The van der Waals surface area contributed by atoms with E-state index in [2.05, 4.69) is 9.47 Å². The fourth-order valence-electron chi connectivity index (χ4n) is 5.83. The maximum absolute atomic E-state index is 13.6. The van der Waals surface area contributed by atoms with E-state index in [-0.39, 0.29) is 28.6 Å². The zero-order valence-corrected chi connectivity index (χ0v) is 24.0. The van der Waals surface area contributed by atoms with Gasteiger partial charge in [-0.05, 0) is 74.5 Å². The number of fused-ring (bicyclic) bond motifs is 1. The van der Waals surface area contributed by atoms with Crippen LogP contribution in [-0.2, 0) is 11.3 Å². The van der Waals surface area contributed by atoms with E-state index in [1.165, 1.54) is 12.1 Å². The molecule has 0 N–H and O–H groups in total. The smallest absolute Gasteiger partial charge is 0.255 e. The minimum Gasteiger partial charge on any atom is -0.339 e. The number of hydrogen-bond acceptors (Lipinski definition) is 4. The lowest BCUT2D eigenvalue weighted by Gasteiger charge is -2.38. The SMILES string of the molecule is O=C(c1cccc(Cl)c1Cl)N1CCN(C(=O)C2CCN(Cc3nc4ccccc4n3-c3ccc(F)cc3)CC2)CC1. The highest BCUT2D eigenvalue weighted by Gasteiger charge is 2.32. The summed E-state index contributed by atoms with van der Waals surface area (Å²) < 4.78 is 15.7. The number of para-hydroxylation sites is 2. The van der Waals surface area contributed by atoms with Crippen LogP contribution in [0.4, 0.5) is 4.39 Å². The minimum absolute atomic E-state index is 0.0354. The van der Waals surface area contributed by atoms with Crippen molar-refractivity contribution >= 4 is 46.0 Å². The van der Waals surface area contributed by atoms with Crippen LogP contribution in [0, 0.1) is 11.7 Å². The Morgan fingerprint density at radius 3 is 2.24 bits per heavy atom. The number of amides is 2. The summed E-state index contributed by atoms with van der Waals surface area (Å²) >= 11 is 12.3. The van der Waals surface area contributed by atoms with Gasteiger partial charge in [-0.3, -0.25) is 19.1 Å². The lowest BCUT2D eigenvalue weighted by Crippen LogP contribution is -2.53. The molecule has 2 fully saturated rings. The number of rotatable bonds is 5. The van der Waals surface area contributed by atoms with Gasteiger partial charge in [0.05, 0.1) is 33.2 Å². The summed E-state index contributed by atoms with van der Waals surface area (Å²) in [4.78, 5) is 37.2. The highest BCUT2D eigenvalue weighted by molar-refractivity contribution is 6.43. The van der Waals surface area contributed by atoms with Crippen LogP contribution < -0.4 is 0 Å². The fourth-order valence-corrected chi connectivity index (χ4v) is 6.21. The molecule has 2 amide bonds. The first kappa shape index (κ1) is 27.7. The number of benzene rings is 3. The van der Waals surface area contributed by atoms with Crippen molar-refractivity contribution in [3.8, 4) is 5.69 Å². The molecule has 0 unspecified atom stereocenters. The predicted octanol–water partition coefficient (Wildman–Crippen LogP) is 5.67. The van der Waals surface area contributed by atoms with Gasteiger partial charge in [-0.25, -0.2) is 9.37 Å². The van der Waals surface area contributed by atoms with Crippen molar-refractivity contribution < 1.29 is 14.0 Å². The summed E-state index contributed by atoms with van der Waals surface area (Å²) in [6.07, 6.45) is 1.54. The molecular formula is C31H30Cl2FN5O2. The number of piperidine rings is 1. The van der Waals surface area contributed by atoms with E-state index in [0.717, 1.165) is 48.5 Å². The Labute approximate surface area is 248 Å². The van der Waals surface area contributed by atoms with Gasteiger partial charge in [-0.2, -0.15) is 0 Å². The molecule has 41 heavy (non-hydrogen) atoms. The lowest BCUT2D eigenvalue weighted by atomic mass is 9.95. The summed E-state index contributed by atoms with van der Waals surface area (Å²) in [6, 6.07) is 19.5. The van der Waals surface area contributed by atoms with Crippen LogP contribution in [0.25, 0.3) is 16.7 Å². The van der Waals surface area contributed by atoms with E-state index in [0.29, 0.717) is 43.3 Å². The highest BCUT2D eigenvalue weighted by Crippen LogP contribution is 2.28. The average molecular weight is 595 g/mol. The zero-order valence-electron chi connectivity index (χ0n) is 22.5. The molecule has 0 radical (unpaired) electrons. The van der Waals surface area contributed by atoms with E-state index in [9.17, 15) is 14.0 Å². The number of hydrogen-bond donors (Lipinski definition) is 0. The second-order valence-electron chi connectivity index (χ2n) is 10.6. The van der Waals surface area contributed by atoms with Crippen molar-refractivity contribution in [3.05, 3.63) is 94.0 Å². The number of imidazole rings is 1. The largest absolute Gasteiger partial charge is 0.339 e. The molecule has 2 aliphatic rings. The molecule has 0 spiro atoms. The first-order valence-corrected chi connectivity index (χ1v) is 14.6. The molecule has 0 saturated carbocycles. The summed E-state index contributed by atoms with van der Waals surface area (Å²) in [5.74, 6) is 0.584. The Kier molecular flexibility index (Phi) is 7.97. The Hall–Kier alpha value is -3.46. The van der Waals surface area contributed by atoms with Gasteiger partial charge in [-0.15, -0.1) is 0 Å². The van der Waals surface area contributed by atoms with Gasteiger partial charge in [0.1, 0.15) is 11.6 Å². The highest BCUT2D eigenvalue weighted by atomic mass is 35.5. The van der Waals surface area contributed by atoms with Gasteiger partial charge in [0.15, 0.2) is 0 Å². The molecule has 4 aromatic rings. The van der Waals surface area contributed by atoms with Crippen LogP contribution in [0.1, 0.15) is 29.0 Å². The molecule has 10 heteroatoms. The van der Waals surface area contributed by atoms with E-state index in [1.807, 2.05) is 29.2 Å². The van der Waals surface area contributed by atoms with Gasteiger partial charge in [0.25, 0.3) is 5.91 Å². The van der Waals surface area contributed by atoms with Crippen LogP contribution in [0.2, 0.25) is 10.0 Å². The van der Waals surface area contributed by atoms with Crippen molar-refractivity contribution in [2.24, 2.45) is 5.92 Å². The third-order valence-corrected chi connectivity index (χ3v) is 8.90. The molecule has 6 rings (SSSR count). The predicted molar refractivity (Wildman–Crippen MR) is 158 cm³/mol. The van der Waals surface area contributed by atoms with Gasteiger partial charge in [0, 0.05) is 37.8 Å². The van der Waals surface area contributed by atoms with E-state index in [4.69, 9.17) is 28.2 Å². The number of likely N-dealkylation sites (tertiary alicyclic amines) is 1. The van der Waals surface area contributed by atoms with Crippen molar-refractivity contribution in [1.29, 1.82) is 0 Å². The summed E-state index contributed by atoms with van der Waals surface area (Å²) in [5.41, 5.74) is 3.14. The quantitative estimate of drug-likeness (QED) is 0.299. The maximum atomic E-state index is 13.6. The normalized spacial score (nSPS) is 16.9. The monoisotopic (exact) mass is 593 g/mol. The number of halogens is 3. The third kappa shape index (κ3) is 5.69. The maximum Gasteiger partial charge on any atom is 0.255 e. The average Bonchev–Trinajstić information content (AvgIpc) is 3.36. The number of carbonyl (C=O) groups excluding carboxylic acids is 2. The molecule has 0 atom stereocenters. The zero-order chi connectivity index (χ0) is 28.5. The van der Waals surface area contributed by atoms with Crippen molar-refractivity contribution in [3.63, 3.8) is 0 Å². The standard InChI is InChI=1S/C31H30Cl2FN5O2/c32-25-5-3-4-24(29(25)33)31(41)38-18-16-37(17-19-38)30(40)21-12-14-36(15-13-21)20-28-35-26-6-1-2-7-27(26)39(28)23-10-8-22(34)9-11-23/h1-11,21H,12-20H2. The minimum atomic E-state index is -0.273. The molecule has 1 aromatic heterocycles. The van der Waals surface area contributed by atoms with Crippen molar-refractivity contribution in [1.82, 2.24) is 24.3 Å². The first-order chi connectivity index (χ1) is 19.9. The molecule has 2 aliphatic heterocycles. The fraction of sp³-hybridized carbons (Fsp3) is 0.323. The molecule has 0 bridgehead atoms. The number of nitrogens with zero attached hydrogens (tertiary/aromatic N) is 5. The molecule has 7 nitrogen and oxygen atoms in total. The second-order valence-corrected chi connectivity index (χ2v) is 11.4. The Balaban J connectivity index is 1.06. The topological polar surface area (TPSA) is 61.7 Å². The molecule has 3 aromatic carbocycles. The Morgan fingerprint density at radius 1 is 0.829 bits per heavy atom. The van der Waals surface area contributed by atoms with E-state index >= 15 is 0 Å². The lowest BCUT2D eigenvalue weighted by molar-refractivity contribution is -0.138. The van der Waals surface area contributed by atoms with Crippen LogP contribution in [-0.4, -0.2) is 75.3 Å². The Bertz CT molecular complexity index is 1580. The Morgan fingerprint density at radius 2 is 1.51 bits per heavy atom. The van der Waals surface area contributed by atoms with Crippen molar-refractivity contribution in [2.45, 2.75) is 19.4 Å². The summed E-state index contributed by atoms with van der Waals surface area (Å²) in [6.45, 7) is 4.15. The van der Waals surface area contributed by atoms with Crippen molar-refractivity contribution in [2.75, 3.05) is 39.3 Å². The van der Waals surface area contributed by atoms with Gasteiger partial charge >= 0.3 is 0 Å². The second kappa shape index (κ2) is 11.8. The number of piperazine rings is 1.